The summed E-state index contributed by atoms with van der Waals surface area (Å²) in [5.41, 5.74) is 1.16. The van der Waals surface area contributed by atoms with Crippen LogP contribution in [0.4, 0.5) is 0 Å². The summed E-state index contributed by atoms with van der Waals surface area (Å²) in [6.07, 6.45) is 0. The van der Waals surface area contributed by atoms with Gasteiger partial charge in [-0.15, -0.1) is 0 Å². The van der Waals surface area contributed by atoms with Crippen molar-refractivity contribution in [2.45, 2.75) is 18.7 Å². The molecule has 7 nitrogen and oxygen atoms in total. The summed E-state index contributed by atoms with van der Waals surface area (Å²) in [7, 11) is -3.76. The van der Waals surface area contributed by atoms with Crippen molar-refractivity contribution in [1.82, 2.24) is 5.32 Å². The Bertz CT molecular complexity index is 867. The number of ether oxygens (including phenoxy) is 2. The molecule has 0 spiro atoms. The highest BCUT2D eigenvalue weighted by atomic mass is 32.2. The van der Waals surface area contributed by atoms with Crippen LogP contribution in [0.15, 0.2) is 47.4 Å². The number of aryl methyl sites for hydroxylation is 2. The van der Waals surface area contributed by atoms with Crippen LogP contribution in [0.2, 0.25) is 0 Å². The number of hydrogen-bond acceptors (Lipinski definition) is 5. The molecular weight excluding hydrogens is 356 g/mol. The van der Waals surface area contributed by atoms with Gasteiger partial charge < -0.3 is 14.8 Å². The predicted octanol–water partition coefficient (Wildman–Crippen LogP) is 1.52. The van der Waals surface area contributed by atoms with Crippen molar-refractivity contribution < 1.29 is 22.7 Å². The largest absolute Gasteiger partial charge is 0.491 e. The van der Waals surface area contributed by atoms with Crippen LogP contribution in [0.3, 0.4) is 0 Å². The number of nitrogens with one attached hydrogen (secondary N) is 1. The number of carbonyl (C=O) groups is 1. The minimum atomic E-state index is -3.76. The SMILES string of the molecule is Cc1cc(S(N)(=O)=O)c(C)cc1OCCNC(=O)COc1ccccc1. The van der Waals surface area contributed by atoms with Gasteiger partial charge in [0.25, 0.3) is 5.91 Å². The van der Waals surface area contributed by atoms with Gasteiger partial charge in [-0.2, -0.15) is 0 Å². The molecule has 0 aromatic heterocycles. The van der Waals surface area contributed by atoms with Crippen LogP contribution >= 0.6 is 0 Å². The first-order valence-corrected chi connectivity index (χ1v) is 9.53. The topological polar surface area (TPSA) is 108 Å². The summed E-state index contributed by atoms with van der Waals surface area (Å²) in [6.45, 7) is 3.84. The quantitative estimate of drug-likeness (QED) is 0.677. The van der Waals surface area contributed by atoms with E-state index in [1.807, 2.05) is 18.2 Å². The molecular formula is C18H22N2O5S. The highest BCUT2D eigenvalue weighted by molar-refractivity contribution is 7.89. The lowest BCUT2D eigenvalue weighted by Crippen LogP contribution is -2.32. The van der Waals surface area contributed by atoms with Gasteiger partial charge in [0.05, 0.1) is 11.4 Å². The van der Waals surface area contributed by atoms with E-state index in [9.17, 15) is 13.2 Å². The van der Waals surface area contributed by atoms with E-state index in [0.29, 0.717) is 29.2 Å². The number of nitrogens with two attached hydrogens (primary N) is 1. The standard InChI is InChI=1S/C18H22N2O5S/c1-13-11-17(26(19,22)23)14(2)10-16(13)24-9-8-20-18(21)12-25-15-6-4-3-5-7-15/h3-7,10-11H,8-9,12H2,1-2H3,(H,20,21)(H2,19,22,23). The van der Waals surface area contributed by atoms with Crippen molar-refractivity contribution in [3.8, 4) is 11.5 Å². The average molecular weight is 378 g/mol. The molecule has 2 aromatic rings. The van der Waals surface area contributed by atoms with E-state index >= 15 is 0 Å². The number of rotatable bonds is 8. The Hall–Kier alpha value is -2.58. The number of carbonyl (C=O) groups excluding carboxylic acids is 1. The highest BCUT2D eigenvalue weighted by Gasteiger charge is 2.14. The smallest absolute Gasteiger partial charge is 0.258 e. The molecule has 0 bridgehead atoms. The zero-order valence-electron chi connectivity index (χ0n) is 14.7. The van der Waals surface area contributed by atoms with E-state index in [0.717, 1.165) is 0 Å². The summed E-state index contributed by atoms with van der Waals surface area (Å²) >= 11 is 0. The minimum Gasteiger partial charge on any atom is -0.491 e. The van der Waals surface area contributed by atoms with Gasteiger partial charge in [0, 0.05) is 0 Å². The van der Waals surface area contributed by atoms with Crippen LogP contribution in [0.5, 0.6) is 11.5 Å². The third-order valence-electron chi connectivity index (χ3n) is 3.57. The molecule has 8 heteroatoms. The first-order valence-electron chi connectivity index (χ1n) is 7.99. The Kier molecular flexibility index (Phi) is 6.59. The highest BCUT2D eigenvalue weighted by Crippen LogP contribution is 2.25. The first-order chi connectivity index (χ1) is 12.3. The van der Waals surface area contributed by atoms with Crippen molar-refractivity contribution in [2.75, 3.05) is 19.8 Å². The Morgan fingerprint density at radius 1 is 1.08 bits per heavy atom. The summed E-state index contributed by atoms with van der Waals surface area (Å²) < 4.78 is 33.9. The van der Waals surface area contributed by atoms with Gasteiger partial charge >= 0.3 is 0 Å². The molecule has 0 heterocycles. The lowest BCUT2D eigenvalue weighted by Gasteiger charge is -2.13. The van der Waals surface area contributed by atoms with Crippen LogP contribution in [0.25, 0.3) is 0 Å². The third-order valence-corrected chi connectivity index (χ3v) is 4.63. The van der Waals surface area contributed by atoms with Gasteiger partial charge in [0.2, 0.25) is 10.0 Å². The predicted molar refractivity (Wildman–Crippen MR) is 97.7 cm³/mol. The normalized spacial score (nSPS) is 11.0. The third kappa shape index (κ3) is 5.75. The van der Waals surface area contributed by atoms with Crippen LogP contribution < -0.4 is 19.9 Å². The van der Waals surface area contributed by atoms with Crippen LogP contribution in [0.1, 0.15) is 11.1 Å². The van der Waals surface area contributed by atoms with Crippen molar-refractivity contribution in [3.63, 3.8) is 0 Å². The Balaban J connectivity index is 1.79. The maximum absolute atomic E-state index is 11.7. The molecule has 0 fully saturated rings. The molecule has 26 heavy (non-hydrogen) atoms. The average Bonchev–Trinajstić information content (AvgIpc) is 2.59. The van der Waals surface area contributed by atoms with Gasteiger partial charge in [-0.25, -0.2) is 13.6 Å². The molecule has 0 aliphatic rings. The monoisotopic (exact) mass is 378 g/mol. The maximum Gasteiger partial charge on any atom is 0.258 e. The molecule has 0 saturated heterocycles. The zero-order valence-corrected chi connectivity index (χ0v) is 15.5. The first kappa shape index (κ1) is 19.7. The molecule has 0 radical (unpaired) electrons. The van der Waals surface area contributed by atoms with Gasteiger partial charge in [-0.1, -0.05) is 18.2 Å². The molecule has 0 aliphatic heterocycles. The number of hydrogen-bond donors (Lipinski definition) is 2. The molecule has 1 amide bonds. The fourth-order valence-electron chi connectivity index (χ4n) is 2.29. The van der Waals surface area contributed by atoms with Gasteiger partial charge in [-0.05, 0) is 49.2 Å². The summed E-state index contributed by atoms with van der Waals surface area (Å²) in [4.78, 5) is 11.8. The minimum absolute atomic E-state index is 0.0775. The number of amides is 1. The summed E-state index contributed by atoms with van der Waals surface area (Å²) in [5.74, 6) is 0.916. The molecule has 0 aliphatic carbocycles. The molecule has 0 saturated carbocycles. The van der Waals surface area contributed by atoms with E-state index in [-0.39, 0.29) is 24.0 Å². The fourth-order valence-corrected chi connectivity index (χ4v) is 3.14. The van der Waals surface area contributed by atoms with Crippen molar-refractivity contribution in [3.05, 3.63) is 53.6 Å². The lowest BCUT2D eigenvalue weighted by atomic mass is 10.1. The zero-order chi connectivity index (χ0) is 19.2. The lowest BCUT2D eigenvalue weighted by molar-refractivity contribution is -0.123. The van der Waals surface area contributed by atoms with E-state index < -0.39 is 10.0 Å². The van der Waals surface area contributed by atoms with E-state index in [4.69, 9.17) is 14.6 Å². The van der Waals surface area contributed by atoms with Crippen LogP contribution in [0, 0.1) is 13.8 Å². The Labute approximate surface area is 153 Å². The molecule has 3 N–H and O–H groups in total. The molecule has 2 rings (SSSR count). The van der Waals surface area contributed by atoms with Crippen molar-refractivity contribution in [2.24, 2.45) is 5.14 Å². The second kappa shape index (κ2) is 8.68. The maximum atomic E-state index is 11.7. The van der Waals surface area contributed by atoms with E-state index in [1.54, 1.807) is 32.0 Å². The second-order valence-electron chi connectivity index (χ2n) is 5.73. The molecule has 2 aromatic carbocycles. The number of para-hydroxylation sites is 1. The molecule has 0 atom stereocenters. The Morgan fingerprint density at radius 3 is 2.42 bits per heavy atom. The fraction of sp³-hybridized carbons (Fsp3) is 0.278. The number of benzene rings is 2. The summed E-state index contributed by atoms with van der Waals surface area (Å²) in [5, 5.41) is 7.86. The Morgan fingerprint density at radius 2 is 1.77 bits per heavy atom. The number of primary sulfonamides is 1. The van der Waals surface area contributed by atoms with Crippen molar-refractivity contribution >= 4 is 15.9 Å². The van der Waals surface area contributed by atoms with Crippen LogP contribution in [-0.4, -0.2) is 34.1 Å². The second-order valence-corrected chi connectivity index (χ2v) is 7.26. The molecule has 0 unspecified atom stereocenters. The van der Waals surface area contributed by atoms with Crippen molar-refractivity contribution in [1.29, 1.82) is 0 Å². The van der Waals surface area contributed by atoms with Crippen LogP contribution in [-0.2, 0) is 14.8 Å². The molecule has 140 valence electrons. The number of sulfonamides is 1. The van der Waals surface area contributed by atoms with E-state index in [2.05, 4.69) is 5.32 Å². The van der Waals surface area contributed by atoms with Gasteiger partial charge in [-0.3, -0.25) is 4.79 Å². The summed E-state index contributed by atoms with van der Waals surface area (Å²) in [6, 6.07) is 12.2. The van der Waals surface area contributed by atoms with Gasteiger partial charge in [0.1, 0.15) is 18.1 Å². The van der Waals surface area contributed by atoms with E-state index in [1.165, 1.54) is 6.07 Å². The van der Waals surface area contributed by atoms with Gasteiger partial charge in [0.15, 0.2) is 6.61 Å².